The first kappa shape index (κ1) is 13.9. The first-order chi connectivity index (χ1) is 9.14. The molecule has 0 aromatic rings. The average molecular weight is 264 g/mol. The second-order valence-corrected chi connectivity index (χ2v) is 7.92. The summed E-state index contributed by atoms with van der Waals surface area (Å²) in [7, 11) is 0. The summed E-state index contributed by atoms with van der Waals surface area (Å²) in [6.45, 7) is 10.3. The van der Waals surface area contributed by atoms with Crippen LogP contribution in [0.15, 0.2) is 0 Å². The molecule has 0 radical (unpaired) electrons. The Kier molecular flexibility index (Phi) is 4.19. The largest absolute Gasteiger partial charge is 0.298 e. The highest BCUT2D eigenvalue weighted by Crippen LogP contribution is 2.37. The molecular weight excluding hydrogens is 232 g/mol. The Morgan fingerprint density at radius 3 is 1.84 bits per heavy atom. The molecule has 2 heteroatoms. The van der Waals surface area contributed by atoms with Gasteiger partial charge in [0.1, 0.15) is 0 Å². The fraction of sp³-hybridized carbons (Fsp3) is 1.00. The molecule has 2 saturated carbocycles. The zero-order valence-corrected chi connectivity index (χ0v) is 13.0. The average Bonchev–Trinajstić information content (AvgIpc) is 2.92. The van der Waals surface area contributed by atoms with Gasteiger partial charge in [-0.1, -0.05) is 33.1 Å². The van der Waals surface area contributed by atoms with Crippen molar-refractivity contribution in [2.24, 2.45) is 5.41 Å². The number of hydrogen-bond acceptors (Lipinski definition) is 2. The summed E-state index contributed by atoms with van der Waals surface area (Å²) < 4.78 is 0. The van der Waals surface area contributed by atoms with Crippen LogP contribution >= 0.6 is 0 Å². The maximum atomic E-state index is 2.81. The lowest BCUT2D eigenvalue weighted by molar-refractivity contribution is 0.0349. The van der Waals surface area contributed by atoms with E-state index in [1.54, 1.807) is 0 Å². The van der Waals surface area contributed by atoms with Crippen LogP contribution in [-0.4, -0.2) is 48.1 Å². The minimum atomic E-state index is 0.589. The second-order valence-electron chi connectivity index (χ2n) is 7.92. The fourth-order valence-electron chi connectivity index (χ4n) is 4.71. The summed E-state index contributed by atoms with van der Waals surface area (Å²) in [6.07, 6.45) is 11.6. The molecule has 0 spiro atoms. The molecule has 1 unspecified atom stereocenters. The molecule has 2 aliphatic carbocycles. The highest BCUT2D eigenvalue weighted by Gasteiger charge is 2.34. The van der Waals surface area contributed by atoms with Crippen molar-refractivity contribution in [2.75, 3.05) is 26.2 Å². The summed E-state index contributed by atoms with van der Waals surface area (Å²) in [5.41, 5.74) is 0.589. The highest BCUT2D eigenvalue weighted by atomic mass is 15.3. The molecule has 19 heavy (non-hydrogen) atoms. The second kappa shape index (κ2) is 5.73. The molecule has 1 atom stereocenters. The molecule has 0 aromatic heterocycles. The highest BCUT2D eigenvalue weighted by molar-refractivity contribution is 4.89. The van der Waals surface area contributed by atoms with E-state index in [0.717, 1.165) is 12.1 Å². The lowest BCUT2D eigenvalue weighted by Crippen LogP contribution is -2.54. The van der Waals surface area contributed by atoms with Crippen molar-refractivity contribution in [2.45, 2.75) is 77.3 Å². The van der Waals surface area contributed by atoms with Gasteiger partial charge in [-0.15, -0.1) is 0 Å². The normalized spacial score (nSPS) is 34.7. The van der Waals surface area contributed by atoms with Gasteiger partial charge in [0.2, 0.25) is 0 Å². The summed E-state index contributed by atoms with van der Waals surface area (Å²) in [4.78, 5) is 5.60. The first-order valence-corrected chi connectivity index (χ1v) is 8.62. The van der Waals surface area contributed by atoms with E-state index >= 15 is 0 Å². The Labute approximate surface area is 119 Å². The third-order valence-electron chi connectivity index (χ3n) is 5.89. The van der Waals surface area contributed by atoms with Gasteiger partial charge < -0.3 is 0 Å². The van der Waals surface area contributed by atoms with Crippen LogP contribution in [0.25, 0.3) is 0 Å². The van der Waals surface area contributed by atoms with E-state index in [9.17, 15) is 0 Å². The van der Waals surface area contributed by atoms with Gasteiger partial charge in [-0.25, -0.2) is 0 Å². The summed E-state index contributed by atoms with van der Waals surface area (Å²) in [5.74, 6) is 0. The Bertz CT molecular complexity index is 286. The van der Waals surface area contributed by atoms with Crippen molar-refractivity contribution in [1.29, 1.82) is 0 Å². The van der Waals surface area contributed by atoms with Crippen LogP contribution in [0.5, 0.6) is 0 Å². The molecule has 3 fully saturated rings. The van der Waals surface area contributed by atoms with E-state index in [1.165, 1.54) is 77.5 Å². The van der Waals surface area contributed by atoms with Crippen LogP contribution in [0.1, 0.15) is 65.2 Å². The van der Waals surface area contributed by atoms with Gasteiger partial charge in [0.05, 0.1) is 0 Å². The van der Waals surface area contributed by atoms with E-state index in [-0.39, 0.29) is 0 Å². The molecule has 110 valence electrons. The summed E-state index contributed by atoms with van der Waals surface area (Å²) >= 11 is 0. The fourth-order valence-corrected chi connectivity index (χ4v) is 4.71. The van der Waals surface area contributed by atoms with Crippen LogP contribution in [0.3, 0.4) is 0 Å². The molecule has 0 N–H and O–H groups in total. The lowest BCUT2D eigenvalue weighted by atomic mass is 9.74. The van der Waals surface area contributed by atoms with Crippen molar-refractivity contribution < 1.29 is 0 Å². The third-order valence-corrected chi connectivity index (χ3v) is 5.89. The van der Waals surface area contributed by atoms with Crippen molar-refractivity contribution in [3.63, 3.8) is 0 Å². The molecular formula is C17H32N2. The quantitative estimate of drug-likeness (QED) is 0.753. The van der Waals surface area contributed by atoms with Crippen molar-refractivity contribution >= 4 is 0 Å². The van der Waals surface area contributed by atoms with Crippen LogP contribution in [0.2, 0.25) is 0 Å². The standard InChI is InChI=1S/C17H32N2/c1-17(2)9-5-8-16(14-17)19-12-10-18(11-13-19)15-6-3-4-7-15/h15-16H,3-14H2,1-2H3. The number of hydrogen-bond donors (Lipinski definition) is 0. The predicted molar refractivity (Wildman–Crippen MR) is 81.4 cm³/mol. The number of nitrogens with zero attached hydrogens (tertiary/aromatic N) is 2. The Morgan fingerprint density at radius 1 is 0.737 bits per heavy atom. The zero-order valence-electron chi connectivity index (χ0n) is 13.0. The maximum absolute atomic E-state index is 2.81. The van der Waals surface area contributed by atoms with E-state index < -0.39 is 0 Å². The van der Waals surface area contributed by atoms with Crippen LogP contribution < -0.4 is 0 Å². The monoisotopic (exact) mass is 264 g/mol. The van der Waals surface area contributed by atoms with E-state index in [0.29, 0.717) is 5.41 Å². The molecule has 3 aliphatic rings. The third kappa shape index (κ3) is 3.33. The Balaban J connectivity index is 1.49. The van der Waals surface area contributed by atoms with Crippen LogP contribution in [0.4, 0.5) is 0 Å². The van der Waals surface area contributed by atoms with E-state index in [1.807, 2.05) is 0 Å². The van der Waals surface area contributed by atoms with Crippen molar-refractivity contribution in [3.05, 3.63) is 0 Å². The SMILES string of the molecule is CC1(C)CCCC(N2CCN(C3CCCC3)CC2)C1. The minimum Gasteiger partial charge on any atom is -0.298 e. The zero-order chi connectivity index (χ0) is 13.3. The molecule has 2 nitrogen and oxygen atoms in total. The Morgan fingerprint density at radius 2 is 1.26 bits per heavy atom. The molecule has 1 heterocycles. The Hall–Kier alpha value is -0.0800. The molecule has 0 amide bonds. The van der Waals surface area contributed by atoms with Crippen molar-refractivity contribution in [3.8, 4) is 0 Å². The van der Waals surface area contributed by atoms with Crippen LogP contribution in [-0.2, 0) is 0 Å². The molecule has 1 aliphatic heterocycles. The molecule has 0 bridgehead atoms. The number of piperazine rings is 1. The predicted octanol–water partition coefficient (Wildman–Crippen LogP) is 3.52. The van der Waals surface area contributed by atoms with Crippen molar-refractivity contribution in [1.82, 2.24) is 9.80 Å². The van der Waals surface area contributed by atoms with Gasteiger partial charge in [-0.3, -0.25) is 9.80 Å². The molecule has 1 saturated heterocycles. The van der Waals surface area contributed by atoms with Gasteiger partial charge in [-0.05, 0) is 37.5 Å². The van der Waals surface area contributed by atoms with Gasteiger partial charge >= 0.3 is 0 Å². The maximum Gasteiger partial charge on any atom is 0.0113 e. The topological polar surface area (TPSA) is 6.48 Å². The van der Waals surface area contributed by atoms with Gasteiger partial charge in [0.15, 0.2) is 0 Å². The van der Waals surface area contributed by atoms with Gasteiger partial charge in [0, 0.05) is 38.3 Å². The molecule has 3 rings (SSSR count). The van der Waals surface area contributed by atoms with Gasteiger partial charge in [-0.2, -0.15) is 0 Å². The first-order valence-electron chi connectivity index (χ1n) is 8.62. The summed E-state index contributed by atoms with van der Waals surface area (Å²) in [5, 5.41) is 0. The number of rotatable bonds is 2. The van der Waals surface area contributed by atoms with E-state index in [2.05, 4.69) is 23.6 Å². The lowest BCUT2D eigenvalue weighted by Gasteiger charge is -2.45. The van der Waals surface area contributed by atoms with Gasteiger partial charge in [0.25, 0.3) is 0 Å². The van der Waals surface area contributed by atoms with Crippen LogP contribution in [0, 0.1) is 5.41 Å². The smallest absolute Gasteiger partial charge is 0.0113 e. The summed E-state index contributed by atoms with van der Waals surface area (Å²) in [6, 6.07) is 1.82. The molecule has 0 aromatic carbocycles. The minimum absolute atomic E-state index is 0.589. The van der Waals surface area contributed by atoms with E-state index in [4.69, 9.17) is 0 Å².